The van der Waals surface area contributed by atoms with E-state index in [4.69, 9.17) is 0 Å². The lowest BCUT2D eigenvalue weighted by Crippen LogP contribution is -2.37. The number of aromatic nitrogens is 4. The van der Waals surface area contributed by atoms with Crippen molar-refractivity contribution < 1.29 is 4.79 Å². The maximum absolute atomic E-state index is 12.6. The lowest BCUT2D eigenvalue weighted by atomic mass is 10.2. The average molecular weight is 377 g/mol. The van der Waals surface area contributed by atoms with Gasteiger partial charge in [-0.15, -0.1) is 23.1 Å². The highest BCUT2D eigenvalue weighted by molar-refractivity contribution is 8.00. The van der Waals surface area contributed by atoms with Gasteiger partial charge in [0.25, 0.3) is 5.56 Å². The van der Waals surface area contributed by atoms with Crippen LogP contribution in [0.15, 0.2) is 32.3 Å². The molecular formula is C15H15N5O3S2. The topological polar surface area (TPSA) is 98.9 Å². The molecule has 0 atom stereocenters. The van der Waals surface area contributed by atoms with E-state index in [0.717, 1.165) is 10.1 Å². The Kier molecular flexibility index (Phi) is 4.73. The van der Waals surface area contributed by atoms with Gasteiger partial charge in [0.15, 0.2) is 5.13 Å². The largest absolute Gasteiger partial charge is 0.332 e. The molecule has 0 aromatic carbocycles. The van der Waals surface area contributed by atoms with Crippen LogP contribution in [-0.2, 0) is 18.9 Å². The number of nitrogens with one attached hydrogen (secondary N) is 1. The molecule has 0 aliphatic rings. The molecule has 0 saturated heterocycles. The number of rotatable bonds is 4. The molecule has 3 aromatic rings. The number of amides is 1. The smallest absolute Gasteiger partial charge is 0.301 e. The van der Waals surface area contributed by atoms with Gasteiger partial charge in [-0.1, -0.05) is 0 Å². The third kappa shape index (κ3) is 3.22. The average Bonchev–Trinajstić information content (AvgIpc) is 3.09. The van der Waals surface area contributed by atoms with E-state index in [-0.39, 0.29) is 11.7 Å². The summed E-state index contributed by atoms with van der Waals surface area (Å²) in [5.74, 6) is -0.100. The molecule has 8 nitrogen and oxygen atoms in total. The number of anilines is 1. The van der Waals surface area contributed by atoms with Gasteiger partial charge in [-0.25, -0.2) is 14.8 Å². The van der Waals surface area contributed by atoms with Crippen LogP contribution in [0.2, 0.25) is 0 Å². The Bertz CT molecular complexity index is 1070. The second-order valence-corrected chi connectivity index (χ2v) is 7.23. The predicted molar refractivity (Wildman–Crippen MR) is 98.4 cm³/mol. The lowest BCUT2D eigenvalue weighted by molar-refractivity contribution is -0.113. The fraction of sp³-hybridized carbons (Fsp3) is 0.267. The number of aryl methyl sites for hydroxylation is 2. The first-order valence-corrected chi connectivity index (χ1v) is 9.14. The van der Waals surface area contributed by atoms with E-state index in [2.05, 4.69) is 15.3 Å². The SMILES string of the molecule is Cc1cnc2c(c1SCC(=O)Nc1nccs1)c(=O)n(C)c(=O)n2C. The van der Waals surface area contributed by atoms with E-state index >= 15 is 0 Å². The van der Waals surface area contributed by atoms with Crippen LogP contribution in [0.5, 0.6) is 0 Å². The van der Waals surface area contributed by atoms with Crippen molar-refractivity contribution in [2.24, 2.45) is 14.1 Å². The van der Waals surface area contributed by atoms with Crippen molar-refractivity contribution in [1.29, 1.82) is 0 Å². The van der Waals surface area contributed by atoms with Gasteiger partial charge in [0.05, 0.1) is 11.1 Å². The first-order valence-electron chi connectivity index (χ1n) is 7.27. The number of nitrogens with zero attached hydrogens (tertiary/aromatic N) is 4. The molecule has 0 fully saturated rings. The number of thioether (sulfide) groups is 1. The summed E-state index contributed by atoms with van der Waals surface area (Å²) in [7, 11) is 2.99. The molecule has 0 aliphatic heterocycles. The van der Waals surface area contributed by atoms with Crippen LogP contribution in [0.1, 0.15) is 5.56 Å². The molecule has 0 saturated carbocycles. The zero-order valence-corrected chi connectivity index (χ0v) is 15.4. The highest BCUT2D eigenvalue weighted by Crippen LogP contribution is 2.27. The third-order valence-electron chi connectivity index (χ3n) is 3.63. The Morgan fingerprint density at radius 2 is 2.04 bits per heavy atom. The van der Waals surface area contributed by atoms with Gasteiger partial charge in [0.2, 0.25) is 5.91 Å². The molecule has 0 spiro atoms. The van der Waals surface area contributed by atoms with Crippen LogP contribution < -0.4 is 16.6 Å². The summed E-state index contributed by atoms with van der Waals surface area (Å²) in [5.41, 5.74) is 0.222. The fourth-order valence-corrected chi connectivity index (χ4v) is 3.86. The number of hydrogen-bond donors (Lipinski definition) is 1. The van der Waals surface area contributed by atoms with Crippen LogP contribution in [0.4, 0.5) is 5.13 Å². The van der Waals surface area contributed by atoms with Crippen molar-refractivity contribution in [2.45, 2.75) is 11.8 Å². The summed E-state index contributed by atoms with van der Waals surface area (Å²) in [6, 6.07) is 0. The van der Waals surface area contributed by atoms with Gasteiger partial charge in [0.1, 0.15) is 5.65 Å². The number of carbonyl (C=O) groups is 1. The predicted octanol–water partition coefficient (Wildman–Crippen LogP) is 1.13. The number of thiazole rings is 1. The van der Waals surface area contributed by atoms with Gasteiger partial charge < -0.3 is 5.32 Å². The number of fused-ring (bicyclic) bond motifs is 1. The Balaban J connectivity index is 1.98. The lowest BCUT2D eigenvalue weighted by Gasteiger charge is -2.12. The van der Waals surface area contributed by atoms with Crippen molar-refractivity contribution >= 4 is 45.2 Å². The molecule has 0 unspecified atom stereocenters. The molecule has 3 heterocycles. The highest BCUT2D eigenvalue weighted by Gasteiger charge is 2.17. The van der Waals surface area contributed by atoms with Crippen molar-refractivity contribution in [1.82, 2.24) is 19.1 Å². The molecule has 1 amide bonds. The van der Waals surface area contributed by atoms with Crippen LogP contribution in [0.25, 0.3) is 11.0 Å². The molecule has 0 aliphatic carbocycles. The molecule has 1 N–H and O–H groups in total. The second kappa shape index (κ2) is 6.81. The second-order valence-electron chi connectivity index (χ2n) is 5.35. The van der Waals surface area contributed by atoms with Crippen LogP contribution in [-0.4, -0.2) is 30.8 Å². The summed E-state index contributed by atoms with van der Waals surface area (Å²) < 4.78 is 2.37. The van der Waals surface area contributed by atoms with Crippen molar-refractivity contribution in [3.8, 4) is 0 Å². The monoisotopic (exact) mass is 377 g/mol. The van der Waals surface area contributed by atoms with Gasteiger partial charge in [-0.3, -0.25) is 18.7 Å². The summed E-state index contributed by atoms with van der Waals surface area (Å²) in [6.45, 7) is 1.82. The zero-order valence-electron chi connectivity index (χ0n) is 13.8. The number of hydrogen-bond acceptors (Lipinski definition) is 7. The van der Waals surface area contributed by atoms with E-state index in [1.807, 2.05) is 6.92 Å². The molecule has 0 radical (unpaired) electrons. The van der Waals surface area contributed by atoms with Gasteiger partial charge >= 0.3 is 5.69 Å². The van der Waals surface area contributed by atoms with E-state index < -0.39 is 11.2 Å². The molecule has 25 heavy (non-hydrogen) atoms. The van der Waals surface area contributed by atoms with E-state index in [1.54, 1.807) is 24.8 Å². The highest BCUT2D eigenvalue weighted by atomic mass is 32.2. The van der Waals surface area contributed by atoms with Gasteiger partial charge in [-0.05, 0) is 12.5 Å². The Morgan fingerprint density at radius 1 is 1.28 bits per heavy atom. The minimum Gasteiger partial charge on any atom is -0.301 e. The Hall–Kier alpha value is -2.46. The first kappa shape index (κ1) is 17.4. The zero-order chi connectivity index (χ0) is 18.1. The molecule has 130 valence electrons. The standard InChI is InChI=1S/C15H15N5O3S2/c1-8-6-17-12-10(13(22)20(3)15(23)19(12)2)11(8)25-7-9(21)18-14-16-4-5-24-14/h4-6H,7H2,1-3H3,(H,16,18,21). The molecule has 3 aromatic heterocycles. The summed E-state index contributed by atoms with van der Waals surface area (Å²) in [6.07, 6.45) is 3.21. The van der Waals surface area contributed by atoms with Gasteiger partial charge in [-0.2, -0.15) is 0 Å². The fourth-order valence-electron chi connectivity index (χ4n) is 2.36. The summed E-state index contributed by atoms with van der Waals surface area (Å²) >= 11 is 2.57. The van der Waals surface area contributed by atoms with E-state index in [9.17, 15) is 14.4 Å². The molecular weight excluding hydrogens is 362 g/mol. The maximum atomic E-state index is 12.6. The third-order valence-corrected chi connectivity index (χ3v) is 5.54. The van der Waals surface area contributed by atoms with Crippen molar-refractivity contribution in [3.05, 3.63) is 44.2 Å². The Labute approximate surface area is 150 Å². The van der Waals surface area contributed by atoms with Crippen LogP contribution in [0.3, 0.4) is 0 Å². The number of pyridine rings is 1. The maximum Gasteiger partial charge on any atom is 0.332 e. The normalized spacial score (nSPS) is 11.0. The molecule has 10 heteroatoms. The van der Waals surface area contributed by atoms with Crippen molar-refractivity contribution in [2.75, 3.05) is 11.1 Å². The Morgan fingerprint density at radius 3 is 2.72 bits per heavy atom. The summed E-state index contributed by atoms with van der Waals surface area (Å²) in [5, 5.41) is 5.34. The number of carbonyl (C=O) groups excluding carboxylic acids is 1. The van der Waals surface area contributed by atoms with E-state index in [1.165, 1.54) is 34.7 Å². The quantitative estimate of drug-likeness (QED) is 0.684. The van der Waals surface area contributed by atoms with Crippen molar-refractivity contribution in [3.63, 3.8) is 0 Å². The first-order chi connectivity index (χ1) is 11.9. The molecule has 0 bridgehead atoms. The van der Waals surface area contributed by atoms with Gasteiger partial charge in [0, 0.05) is 36.8 Å². The van der Waals surface area contributed by atoms with Crippen LogP contribution >= 0.6 is 23.1 Å². The minimum absolute atomic E-state index is 0.117. The van der Waals surface area contributed by atoms with Crippen LogP contribution in [0, 0.1) is 6.92 Å². The van der Waals surface area contributed by atoms with E-state index in [0.29, 0.717) is 21.1 Å². The molecule has 3 rings (SSSR count). The minimum atomic E-state index is -0.439. The summed E-state index contributed by atoms with van der Waals surface area (Å²) in [4.78, 5) is 45.6.